The summed E-state index contributed by atoms with van der Waals surface area (Å²) in [6.45, 7) is 0. The molecule has 0 aliphatic carbocycles. The lowest BCUT2D eigenvalue weighted by atomic mass is 10.0. The third-order valence-corrected chi connectivity index (χ3v) is 12.4. The number of nitrogens with zero attached hydrogens (tertiary/aromatic N) is 2. The van der Waals surface area contributed by atoms with Crippen molar-refractivity contribution in [1.82, 2.24) is 4.57 Å². The van der Waals surface area contributed by atoms with Gasteiger partial charge in [0.15, 0.2) is 0 Å². The van der Waals surface area contributed by atoms with E-state index in [1.807, 2.05) is 22.7 Å². The number of rotatable bonds is 4. The van der Waals surface area contributed by atoms with Crippen LogP contribution < -0.4 is 4.90 Å². The van der Waals surface area contributed by atoms with Gasteiger partial charge in [-0.15, -0.1) is 22.7 Å². The Kier molecular flexibility index (Phi) is 6.03. The fourth-order valence-corrected chi connectivity index (χ4v) is 10.2. The van der Waals surface area contributed by atoms with E-state index >= 15 is 0 Å². The van der Waals surface area contributed by atoms with Gasteiger partial charge in [-0.3, -0.25) is 0 Å². The number of benzene rings is 8. The molecule has 3 aromatic heterocycles. The molecule has 0 bridgehead atoms. The van der Waals surface area contributed by atoms with Gasteiger partial charge in [0.2, 0.25) is 0 Å². The zero-order valence-corrected chi connectivity index (χ0v) is 28.5. The quantitative estimate of drug-likeness (QED) is 0.181. The lowest BCUT2D eigenvalue weighted by Gasteiger charge is -2.27. The molecule has 0 amide bonds. The number of thiophene rings is 2. The van der Waals surface area contributed by atoms with Gasteiger partial charge in [0.05, 0.1) is 16.7 Å². The molecule has 0 aliphatic heterocycles. The number of para-hydroxylation sites is 2. The molecule has 0 unspecified atom stereocenters. The molecule has 11 rings (SSSR count). The summed E-state index contributed by atoms with van der Waals surface area (Å²) in [5.74, 6) is 0. The maximum Gasteiger partial charge on any atom is 0.0561 e. The van der Waals surface area contributed by atoms with Crippen LogP contribution in [-0.2, 0) is 0 Å². The minimum Gasteiger partial charge on any atom is -0.310 e. The van der Waals surface area contributed by atoms with Crippen molar-refractivity contribution in [3.05, 3.63) is 170 Å². The molecule has 0 radical (unpaired) electrons. The second-order valence-electron chi connectivity index (χ2n) is 12.9. The average Bonchev–Trinajstić information content (AvgIpc) is 3.85. The Morgan fingerprint density at radius 1 is 0.380 bits per heavy atom. The standard InChI is InChI=1S/C46H28N2S2/c1-2-11-30(12-3-1)48-38-16-7-4-13-33(38)34-25-24-32(28-40(34)48)47(39-17-10-20-43-46(39)36-15-6-9-19-42(36)49-43)31-23-21-29-22-26-44-45(37(29)27-31)35-14-5-8-18-41(35)50-44/h1-28H. The molecular weight excluding hydrogens is 645 g/mol. The first kappa shape index (κ1) is 28.0. The summed E-state index contributed by atoms with van der Waals surface area (Å²) in [5, 5.41) is 10.3. The van der Waals surface area contributed by atoms with Crippen molar-refractivity contribution in [2.75, 3.05) is 4.90 Å². The highest BCUT2D eigenvalue weighted by atomic mass is 32.1. The molecule has 0 atom stereocenters. The first-order valence-corrected chi connectivity index (χ1v) is 18.6. The number of fused-ring (bicyclic) bond motifs is 11. The van der Waals surface area contributed by atoms with Crippen LogP contribution in [0.2, 0.25) is 0 Å². The number of anilines is 3. The van der Waals surface area contributed by atoms with E-state index in [1.54, 1.807) is 0 Å². The van der Waals surface area contributed by atoms with Crippen LogP contribution in [0.5, 0.6) is 0 Å². The summed E-state index contributed by atoms with van der Waals surface area (Å²) in [5.41, 5.74) is 7.01. The molecule has 2 nitrogen and oxygen atoms in total. The second kappa shape index (κ2) is 10.8. The van der Waals surface area contributed by atoms with Crippen molar-refractivity contribution in [3.8, 4) is 5.69 Å². The fraction of sp³-hybridized carbons (Fsp3) is 0. The largest absolute Gasteiger partial charge is 0.310 e. The van der Waals surface area contributed by atoms with Gasteiger partial charge in [0, 0.05) is 68.2 Å². The van der Waals surface area contributed by atoms with Gasteiger partial charge >= 0.3 is 0 Å². The summed E-state index contributed by atoms with van der Waals surface area (Å²) in [7, 11) is 0. The molecule has 0 saturated heterocycles. The second-order valence-corrected chi connectivity index (χ2v) is 15.1. The van der Waals surface area contributed by atoms with Crippen LogP contribution in [0.25, 0.3) is 78.6 Å². The lowest BCUT2D eigenvalue weighted by Crippen LogP contribution is -2.10. The SMILES string of the molecule is c1ccc(-n2c3ccccc3c3ccc(N(c4ccc5ccc6sc7ccccc7c6c5c4)c4cccc5sc6ccccc6c45)cc32)cc1. The Labute approximate surface area is 296 Å². The number of hydrogen-bond acceptors (Lipinski definition) is 3. The Balaban J connectivity index is 1.24. The third-order valence-electron chi connectivity index (χ3n) is 10.2. The highest BCUT2D eigenvalue weighted by Gasteiger charge is 2.21. The van der Waals surface area contributed by atoms with E-state index in [4.69, 9.17) is 0 Å². The van der Waals surface area contributed by atoms with E-state index in [1.165, 1.54) is 78.6 Å². The van der Waals surface area contributed by atoms with Crippen molar-refractivity contribution in [2.24, 2.45) is 0 Å². The molecule has 50 heavy (non-hydrogen) atoms. The number of hydrogen-bond donors (Lipinski definition) is 0. The van der Waals surface area contributed by atoms with Gasteiger partial charge in [0.1, 0.15) is 0 Å². The van der Waals surface area contributed by atoms with E-state index in [2.05, 4.69) is 179 Å². The summed E-state index contributed by atoms with van der Waals surface area (Å²) in [6.07, 6.45) is 0. The van der Waals surface area contributed by atoms with E-state index in [0.29, 0.717) is 0 Å². The van der Waals surface area contributed by atoms with Gasteiger partial charge < -0.3 is 9.47 Å². The first-order chi connectivity index (χ1) is 24.8. The molecular formula is C46H28N2S2. The van der Waals surface area contributed by atoms with Crippen LogP contribution in [-0.4, -0.2) is 4.57 Å². The average molecular weight is 673 g/mol. The Morgan fingerprint density at radius 2 is 0.980 bits per heavy atom. The minimum absolute atomic E-state index is 1.13. The van der Waals surface area contributed by atoms with Crippen LogP contribution in [0.4, 0.5) is 17.1 Å². The van der Waals surface area contributed by atoms with Crippen LogP contribution in [0.1, 0.15) is 0 Å². The van der Waals surface area contributed by atoms with Crippen molar-refractivity contribution in [2.45, 2.75) is 0 Å². The summed E-state index contributed by atoms with van der Waals surface area (Å²) in [6, 6.07) is 62.5. The zero-order valence-electron chi connectivity index (χ0n) is 26.9. The van der Waals surface area contributed by atoms with Crippen LogP contribution in [0.15, 0.2) is 170 Å². The predicted octanol–water partition coefficient (Wildman–Crippen LogP) is 14.1. The van der Waals surface area contributed by atoms with Crippen LogP contribution in [0, 0.1) is 0 Å². The lowest BCUT2D eigenvalue weighted by molar-refractivity contribution is 1.18. The van der Waals surface area contributed by atoms with Crippen molar-refractivity contribution in [3.63, 3.8) is 0 Å². The fourth-order valence-electron chi connectivity index (χ4n) is 7.99. The van der Waals surface area contributed by atoms with Gasteiger partial charge in [-0.25, -0.2) is 0 Å². The monoisotopic (exact) mass is 672 g/mol. The topological polar surface area (TPSA) is 8.17 Å². The summed E-state index contributed by atoms with van der Waals surface area (Å²) in [4.78, 5) is 2.49. The minimum atomic E-state index is 1.13. The first-order valence-electron chi connectivity index (χ1n) is 16.9. The highest BCUT2D eigenvalue weighted by Crippen LogP contribution is 2.47. The molecule has 0 spiro atoms. The van der Waals surface area contributed by atoms with Gasteiger partial charge in [-0.1, -0.05) is 97.1 Å². The Morgan fingerprint density at radius 3 is 1.80 bits per heavy atom. The molecule has 4 heteroatoms. The van der Waals surface area contributed by atoms with Gasteiger partial charge in [-0.05, 0) is 83.6 Å². The van der Waals surface area contributed by atoms with Gasteiger partial charge in [-0.2, -0.15) is 0 Å². The van der Waals surface area contributed by atoms with E-state index in [9.17, 15) is 0 Å². The molecule has 0 fully saturated rings. The predicted molar refractivity (Wildman–Crippen MR) is 219 cm³/mol. The number of aromatic nitrogens is 1. The highest BCUT2D eigenvalue weighted by molar-refractivity contribution is 7.26. The molecule has 0 aliphatic rings. The summed E-state index contributed by atoms with van der Waals surface area (Å²) < 4.78 is 7.65. The molecule has 0 N–H and O–H groups in total. The van der Waals surface area contributed by atoms with Crippen molar-refractivity contribution < 1.29 is 0 Å². The molecule has 8 aromatic carbocycles. The van der Waals surface area contributed by atoms with E-state index in [-0.39, 0.29) is 0 Å². The third kappa shape index (κ3) is 4.07. The smallest absolute Gasteiger partial charge is 0.0561 e. The molecule has 0 saturated carbocycles. The normalized spacial score (nSPS) is 12.0. The molecule has 3 heterocycles. The van der Waals surface area contributed by atoms with Crippen LogP contribution >= 0.6 is 22.7 Å². The molecule has 11 aromatic rings. The zero-order chi connectivity index (χ0) is 32.8. The maximum absolute atomic E-state index is 2.49. The van der Waals surface area contributed by atoms with E-state index < -0.39 is 0 Å². The summed E-state index contributed by atoms with van der Waals surface area (Å²) >= 11 is 3.74. The van der Waals surface area contributed by atoms with Gasteiger partial charge in [0.25, 0.3) is 0 Å². The Hall–Kier alpha value is -5.94. The van der Waals surface area contributed by atoms with Crippen LogP contribution in [0.3, 0.4) is 0 Å². The Bertz CT molecular complexity index is 3110. The maximum atomic E-state index is 2.49. The van der Waals surface area contributed by atoms with E-state index in [0.717, 1.165) is 17.1 Å². The molecule has 234 valence electrons. The van der Waals surface area contributed by atoms with Crippen molar-refractivity contribution in [1.29, 1.82) is 0 Å². The van der Waals surface area contributed by atoms with Crippen molar-refractivity contribution >= 4 is 113 Å².